The summed E-state index contributed by atoms with van der Waals surface area (Å²) in [7, 11) is -2.56. The Bertz CT molecular complexity index is 1030. The smallest absolute Gasteiger partial charge is 0.270 e. The molecular weight excluding hydrogens is 440 g/mol. The summed E-state index contributed by atoms with van der Waals surface area (Å²) in [5.74, 6) is 0.381. The second kappa shape index (κ2) is 9.29. The van der Waals surface area contributed by atoms with Crippen molar-refractivity contribution < 1.29 is 18.7 Å². The van der Waals surface area contributed by atoms with Gasteiger partial charge in [0.1, 0.15) is 5.69 Å². The van der Waals surface area contributed by atoms with Crippen molar-refractivity contribution in [2.24, 2.45) is 0 Å². The second-order valence-electron chi connectivity index (χ2n) is 9.69. The molecule has 3 heterocycles. The van der Waals surface area contributed by atoms with Gasteiger partial charge in [-0.25, -0.2) is 0 Å². The van der Waals surface area contributed by atoms with Gasteiger partial charge in [0, 0.05) is 67.8 Å². The summed E-state index contributed by atoms with van der Waals surface area (Å²) in [6.45, 7) is 12.3. The van der Waals surface area contributed by atoms with Gasteiger partial charge in [-0.2, -0.15) is 10.6 Å². The number of piperazine rings is 1. The van der Waals surface area contributed by atoms with Gasteiger partial charge in [0.05, 0.1) is 11.5 Å². The molecule has 1 aromatic carbocycles. The Morgan fingerprint density at radius 2 is 1.42 bits per heavy atom. The van der Waals surface area contributed by atoms with Crippen LogP contribution in [0.1, 0.15) is 54.6 Å². The van der Waals surface area contributed by atoms with Crippen molar-refractivity contribution in [3.8, 4) is 0 Å². The Kier molecular flexibility index (Phi) is 6.77. The number of benzene rings is 1. The maximum Gasteiger partial charge on any atom is 0.270 e. The Morgan fingerprint density at radius 3 is 2.00 bits per heavy atom. The molecule has 0 radical (unpaired) electrons. The average Bonchev–Trinajstić information content (AvgIpc) is 3.17. The molecule has 182 valence electrons. The summed E-state index contributed by atoms with van der Waals surface area (Å²) in [4.78, 5) is 32.5. The molecule has 0 atom stereocenters. The van der Waals surface area contributed by atoms with Gasteiger partial charge in [-0.05, 0) is 52.0 Å². The van der Waals surface area contributed by atoms with E-state index in [2.05, 4.69) is 18.7 Å². The van der Waals surface area contributed by atoms with Crippen molar-refractivity contribution in [3.05, 3.63) is 35.5 Å². The summed E-state index contributed by atoms with van der Waals surface area (Å²) in [6.07, 6.45) is 0. The quantitative estimate of drug-likeness (QED) is 0.704. The van der Waals surface area contributed by atoms with Crippen molar-refractivity contribution in [2.75, 3.05) is 50.8 Å². The van der Waals surface area contributed by atoms with Crippen LogP contribution in [-0.4, -0.2) is 97.0 Å². The fourth-order valence-electron chi connectivity index (χ4n) is 4.81. The number of aromatic nitrogens is 1. The Morgan fingerprint density at radius 1 is 0.818 bits per heavy atom. The summed E-state index contributed by atoms with van der Waals surface area (Å²) >= 11 is 0. The largest absolute Gasteiger partial charge is 0.336 e. The first-order valence-electron chi connectivity index (χ1n) is 11.8. The van der Waals surface area contributed by atoms with E-state index in [1.807, 2.05) is 47.6 Å². The fraction of sp³-hybridized carbons (Fsp3) is 0.583. The lowest BCUT2D eigenvalue weighted by Gasteiger charge is -2.41. The standard InChI is InChI=1S/C24H36N4O4S/c1-17(2)25-7-9-26(10-8-25)23(29)19-5-6-21-20(15-19)16-22(28(21)18(3)4)24(30)27-11-13-33(31,32)14-12-27/h5-6,15-18,31-32H,7-14H2,1-4H3. The molecule has 33 heavy (non-hydrogen) atoms. The molecule has 2 aliphatic heterocycles. The van der Waals surface area contributed by atoms with E-state index in [9.17, 15) is 18.7 Å². The first-order valence-corrected chi connectivity index (χ1v) is 13.7. The lowest BCUT2D eigenvalue weighted by Crippen LogP contribution is -2.50. The minimum absolute atomic E-state index is 0.0340. The third kappa shape index (κ3) is 4.91. The van der Waals surface area contributed by atoms with Crippen LogP contribution in [-0.2, 0) is 0 Å². The molecule has 0 aliphatic carbocycles. The molecule has 0 saturated carbocycles. The van der Waals surface area contributed by atoms with Gasteiger partial charge in [0.2, 0.25) is 0 Å². The number of carbonyl (C=O) groups is 2. The Hall–Kier alpha value is -2.07. The fourth-order valence-corrected chi connectivity index (χ4v) is 6.04. The number of carbonyl (C=O) groups excluding carboxylic acids is 2. The number of nitrogens with zero attached hydrogens (tertiary/aromatic N) is 4. The first kappa shape index (κ1) is 24.1. The minimum atomic E-state index is -2.56. The van der Waals surface area contributed by atoms with Crippen molar-refractivity contribution in [1.29, 1.82) is 0 Å². The molecule has 4 rings (SSSR count). The van der Waals surface area contributed by atoms with Gasteiger partial charge in [-0.15, -0.1) is 0 Å². The van der Waals surface area contributed by atoms with Crippen LogP contribution in [0.2, 0.25) is 0 Å². The predicted molar refractivity (Wildman–Crippen MR) is 133 cm³/mol. The van der Waals surface area contributed by atoms with Crippen molar-refractivity contribution in [1.82, 2.24) is 19.3 Å². The van der Waals surface area contributed by atoms with Crippen LogP contribution in [0, 0.1) is 0 Å². The Labute approximate surface area is 197 Å². The lowest BCUT2D eigenvalue weighted by molar-refractivity contribution is 0.0595. The van der Waals surface area contributed by atoms with Gasteiger partial charge >= 0.3 is 0 Å². The zero-order valence-corrected chi connectivity index (χ0v) is 20.8. The number of rotatable bonds is 4. The van der Waals surface area contributed by atoms with Gasteiger partial charge in [-0.1, -0.05) is 0 Å². The van der Waals surface area contributed by atoms with Crippen molar-refractivity contribution in [3.63, 3.8) is 0 Å². The van der Waals surface area contributed by atoms with Crippen LogP contribution in [0.3, 0.4) is 0 Å². The highest BCUT2D eigenvalue weighted by Crippen LogP contribution is 2.40. The summed E-state index contributed by atoms with van der Waals surface area (Å²) in [6, 6.07) is 8.13. The van der Waals surface area contributed by atoms with Crippen LogP contribution in [0.25, 0.3) is 10.9 Å². The van der Waals surface area contributed by atoms with E-state index in [1.54, 1.807) is 4.90 Å². The van der Waals surface area contributed by atoms with E-state index >= 15 is 0 Å². The molecule has 2 amide bonds. The van der Waals surface area contributed by atoms with Crippen LogP contribution in [0.4, 0.5) is 0 Å². The lowest BCUT2D eigenvalue weighted by atomic mass is 10.1. The molecule has 2 N–H and O–H groups in total. The highest BCUT2D eigenvalue weighted by molar-refractivity contribution is 8.24. The zero-order valence-electron chi connectivity index (χ0n) is 20.0. The zero-order chi connectivity index (χ0) is 23.9. The molecule has 2 saturated heterocycles. The normalized spacial score (nSPS) is 20.6. The van der Waals surface area contributed by atoms with Crippen LogP contribution < -0.4 is 0 Å². The van der Waals surface area contributed by atoms with E-state index in [-0.39, 0.29) is 29.4 Å². The summed E-state index contributed by atoms with van der Waals surface area (Å²) in [5, 5.41) is 0.875. The van der Waals surface area contributed by atoms with E-state index in [4.69, 9.17) is 0 Å². The SMILES string of the molecule is CC(C)N1CCN(C(=O)c2ccc3c(c2)cc(C(=O)N2CCS(O)(O)CC2)n3C(C)C)CC1. The summed E-state index contributed by atoms with van der Waals surface area (Å²) < 4.78 is 21.8. The van der Waals surface area contributed by atoms with Crippen LogP contribution in [0.5, 0.6) is 0 Å². The molecule has 1 aromatic heterocycles. The van der Waals surface area contributed by atoms with Crippen molar-refractivity contribution in [2.45, 2.75) is 39.8 Å². The maximum absolute atomic E-state index is 13.3. The predicted octanol–water partition coefficient (Wildman–Crippen LogP) is 3.59. The molecule has 2 aliphatic rings. The molecule has 0 bridgehead atoms. The molecule has 9 heteroatoms. The van der Waals surface area contributed by atoms with Gasteiger partial charge in [0.25, 0.3) is 11.8 Å². The number of amides is 2. The molecule has 8 nitrogen and oxygen atoms in total. The minimum Gasteiger partial charge on any atom is -0.336 e. The van der Waals surface area contributed by atoms with E-state index in [0.29, 0.717) is 30.4 Å². The number of hydrogen-bond acceptors (Lipinski definition) is 5. The molecule has 0 spiro atoms. The number of hydrogen-bond donors (Lipinski definition) is 2. The molecular formula is C24H36N4O4S. The van der Waals surface area contributed by atoms with Gasteiger partial charge in [-0.3, -0.25) is 23.6 Å². The van der Waals surface area contributed by atoms with E-state index in [1.165, 1.54) is 0 Å². The Balaban J connectivity index is 1.58. The highest BCUT2D eigenvalue weighted by atomic mass is 32.3. The number of fused-ring (bicyclic) bond motifs is 1. The third-order valence-electron chi connectivity index (χ3n) is 6.82. The average molecular weight is 477 g/mol. The van der Waals surface area contributed by atoms with Crippen LogP contribution in [0.15, 0.2) is 24.3 Å². The highest BCUT2D eigenvalue weighted by Gasteiger charge is 2.29. The van der Waals surface area contributed by atoms with Crippen LogP contribution >= 0.6 is 10.6 Å². The van der Waals surface area contributed by atoms with Crippen molar-refractivity contribution >= 4 is 33.3 Å². The second-order valence-corrected chi connectivity index (χ2v) is 12.1. The molecule has 2 fully saturated rings. The third-order valence-corrected chi connectivity index (χ3v) is 8.49. The van der Waals surface area contributed by atoms with Gasteiger partial charge in [0.15, 0.2) is 0 Å². The first-order chi connectivity index (χ1) is 15.6. The monoisotopic (exact) mass is 476 g/mol. The summed E-state index contributed by atoms with van der Waals surface area (Å²) in [5.41, 5.74) is 2.15. The molecule has 0 unspecified atom stereocenters. The van der Waals surface area contributed by atoms with E-state index in [0.717, 1.165) is 37.1 Å². The van der Waals surface area contributed by atoms with Gasteiger partial charge < -0.3 is 14.4 Å². The van der Waals surface area contributed by atoms with E-state index < -0.39 is 10.6 Å². The topological polar surface area (TPSA) is 89.2 Å². The maximum atomic E-state index is 13.3. The molecule has 2 aromatic rings.